The van der Waals surface area contributed by atoms with Gasteiger partial charge in [-0.15, -0.1) is 0 Å². The first-order valence-electron chi connectivity index (χ1n) is 5.62. The van der Waals surface area contributed by atoms with Crippen LogP contribution in [0, 0.1) is 0 Å². The molecule has 2 rings (SSSR count). The number of rotatable bonds is 4. The van der Waals surface area contributed by atoms with Crippen molar-refractivity contribution in [2.24, 2.45) is 0 Å². The Kier molecular flexibility index (Phi) is 3.69. The van der Waals surface area contributed by atoms with Crippen LogP contribution in [0.1, 0.15) is 19.0 Å². The quantitative estimate of drug-likeness (QED) is 0.749. The van der Waals surface area contributed by atoms with Gasteiger partial charge < -0.3 is 9.64 Å². The van der Waals surface area contributed by atoms with Crippen molar-refractivity contribution in [2.45, 2.75) is 26.1 Å². The zero-order chi connectivity index (χ0) is 10.5. The van der Waals surface area contributed by atoms with E-state index in [-0.39, 0.29) is 0 Å². The molecule has 1 aromatic heterocycles. The summed E-state index contributed by atoms with van der Waals surface area (Å²) in [4.78, 5) is 6.66. The van der Waals surface area contributed by atoms with E-state index in [0.717, 1.165) is 25.2 Å². The van der Waals surface area contributed by atoms with Crippen LogP contribution in [0.2, 0.25) is 0 Å². The Bertz CT molecular complexity index is 289. The minimum Gasteiger partial charge on any atom is -0.371 e. The lowest BCUT2D eigenvalue weighted by atomic mass is 10.3. The Balaban J connectivity index is 1.75. The molecule has 1 unspecified atom stereocenters. The highest BCUT2D eigenvalue weighted by atomic mass is 16.5. The number of hydrogen-bond acceptors (Lipinski definition) is 3. The summed E-state index contributed by atoms with van der Waals surface area (Å²) >= 11 is 0. The molecule has 1 aliphatic heterocycles. The third kappa shape index (κ3) is 3.01. The molecule has 0 aromatic carbocycles. The summed E-state index contributed by atoms with van der Waals surface area (Å²) in [6.45, 7) is 6.21. The van der Waals surface area contributed by atoms with E-state index in [9.17, 15) is 0 Å². The van der Waals surface area contributed by atoms with Crippen molar-refractivity contribution in [1.82, 2.24) is 9.88 Å². The summed E-state index contributed by atoms with van der Waals surface area (Å²) in [5.41, 5.74) is 1.02. The minimum atomic E-state index is 0.395. The van der Waals surface area contributed by atoms with Gasteiger partial charge in [0.15, 0.2) is 0 Å². The molecule has 0 bridgehead atoms. The fourth-order valence-electron chi connectivity index (χ4n) is 1.91. The number of pyridine rings is 1. The largest absolute Gasteiger partial charge is 0.371 e. The third-order valence-electron chi connectivity index (χ3n) is 2.87. The van der Waals surface area contributed by atoms with Crippen LogP contribution in [0.15, 0.2) is 24.4 Å². The van der Waals surface area contributed by atoms with Gasteiger partial charge in [-0.25, -0.2) is 0 Å². The molecule has 0 N–H and O–H groups in total. The molecular weight excluding hydrogens is 188 g/mol. The first-order valence-corrected chi connectivity index (χ1v) is 5.62. The fraction of sp³-hybridized carbons (Fsp3) is 0.583. The summed E-state index contributed by atoms with van der Waals surface area (Å²) < 4.78 is 5.82. The van der Waals surface area contributed by atoms with Crippen LogP contribution in [0.4, 0.5) is 0 Å². The second-order valence-corrected chi connectivity index (χ2v) is 3.94. The number of likely N-dealkylation sites (N-methyl/N-ethyl adjacent to an activating group) is 1. The highest BCUT2D eigenvalue weighted by Crippen LogP contribution is 2.13. The molecule has 2 heterocycles. The van der Waals surface area contributed by atoms with E-state index >= 15 is 0 Å². The normalized spacial score (nSPS) is 22.1. The van der Waals surface area contributed by atoms with Gasteiger partial charge in [-0.2, -0.15) is 0 Å². The van der Waals surface area contributed by atoms with Crippen molar-refractivity contribution in [1.29, 1.82) is 0 Å². The lowest BCUT2D eigenvalue weighted by molar-refractivity contribution is 0.0452. The van der Waals surface area contributed by atoms with Crippen LogP contribution >= 0.6 is 0 Å². The van der Waals surface area contributed by atoms with E-state index in [1.807, 2.05) is 24.4 Å². The highest BCUT2D eigenvalue weighted by molar-refractivity contribution is 5.02. The molecule has 1 aliphatic rings. The average molecular weight is 206 g/mol. The van der Waals surface area contributed by atoms with Crippen LogP contribution in [0.3, 0.4) is 0 Å². The van der Waals surface area contributed by atoms with Crippen LogP contribution in [0.25, 0.3) is 0 Å². The first-order chi connectivity index (χ1) is 7.38. The Morgan fingerprint density at radius 1 is 1.53 bits per heavy atom. The lowest BCUT2D eigenvalue weighted by Crippen LogP contribution is -2.22. The van der Waals surface area contributed by atoms with Crippen molar-refractivity contribution in [3.05, 3.63) is 30.1 Å². The fourth-order valence-corrected chi connectivity index (χ4v) is 1.91. The van der Waals surface area contributed by atoms with Gasteiger partial charge in [0.1, 0.15) is 0 Å². The number of ether oxygens (including phenoxy) is 1. The summed E-state index contributed by atoms with van der Waals surface area (Å²) in [6, 6.07) is 5.93. The zero-order valence-electron chi connectivity index (χ0n) is 9.22. The molecule has 1 atom stereocenters. The van der Waals surface area contributed by atoms with Gasteiger partial charge in [0, 0.05) is 19.3 Å². The number of nitrogens with zero attached hydrogens (tertiary/aromatic N) is 2. The lowest BCUT2D eigenvalue weighted by Gasteiger charge is -2.13. The van der Waals surface area contributed by atoms with Crippen LogP contribution < -0.4 is 0 Å². The molecule has 0 amide bonds. The number of hydrogen-bond donors (Lipinski definition) is 0. The molecule has 0 radical (unpaired) electrons. The Hall–Kier alpha value is -0.930. The second kappa shape index (κ2) is 5.24. The molecule has 0 saturated carbocycles. The SMILES string of the molecule is CCN1CCC(OCc2ccccn2)C1. The number of aromatic nitrogens is 1. The summed E-state index contributed by atoms with van der Waals surface area (Å²) in [6.07, 6.45) is 3.36. The van der Waals surface area contributed by atoms with E-state index in [1.165, 1.54) is 6.54 Å². The maximum absolute atomic E-state index is 5.82. The van der Waals surface area contributed by atoms with Crippen LogP contribution in [-0.2, 0) is 11.3 Å². The molecular formula is C12H18N2O. The molecule has 0 aliphatic carbocycles. The standard InChI is InChI=1S/C12H18N2O/c1-2-14-8-6-12(9-14)15-10-11-5-3-4-7-13-11/h3-5,7,12H,2,6,8-10H2,1H3. The van der Waals surface area contributed by atoms with E-state index in [2.05, 4.69) is 16.8 Å². The maximum atomic E-state index is 5.82. The minimum absolute atomic E-state index is 0.395. The summed E-state index contributed by atoms with van der Waals surface area (Å²) in [7, 11) is 0. The average Bonchev–Trinajstić information content (AvgIpc) is 2.76. The van der Waals surface area contributed by atoms with E-state index < -0.39 is 0 Å². The van der Waals surface area contributed by atoms with Gasteiger partial charge in [-0.3, -0.25) is 4.98 Å². The molecule has 3 nitrogen and oxygen atoms in total. The van der Waals surface area contributed by atoms with E-state index in [1.54, 1.807) is 0 Å². The second-order valence-electron chi connectivity index (χ2n) is 3.94. The van der Waals surface area contributed by atoms with Gasteiger partial charge in [0.25, 0.3) is 0 Å². The van der Waals surface area contributed by atoms with Gasteiger partial charge in [-0.05, 0) is 25.1 Å². The van der Waals surface area contributed by atoms with Crippen molar-refractivity contribution in [3.63, 3.8) is 0 Å². The summed E-state index contributed by atoms with van der Waals surface area (Å²) in [5, 5.41) is 0. The van der Waals surface area contributed by atoms with E-state index in [0.29, 0.717) is 12.7 Å². The molecule has 1 saturated heterocycles. The molecule has 0 spiro atoms. The maximum Gasteiger partial charge on any atom is 0.0892 e. The monoisotopic (exact) mass is 206 g/mol. The van der Waals surface area contributed by atoms with E-state index in [4.69, 9.17) is 4.74 Å². The number of likely N-dealkylation sites (tertiary alicyclic amines) is 1. The Morgan fingerprint density at radius 3 is 3.13 bits per heavy atom. The molecule has 3 heteroatoms. The first kappa shape index (κ1) is 10.6. The summed E-state index contributed by atoms with van der Waals surface area (Å²) in [5.74, 6) is 0. The van der Waals surface area contributed by atoms with Crippen molar-refractivity contribution in [3.8, 4) is 0 Å². The Morgan fingerprint density at radius 2 is 2.47 bits per heavy atom. The van der Waals surface area contributed by atoms with Crippen LogP contribution in [0.5, 0.6) is 0 Å². The Labute approximate surface area is 91.1 Å². The molecule has 15 heavy (non-hydrogen) atoms. The molecule has 82 valence electrons. The predicted octanol–water partition coefficient (Wildman–Crippen LogP) is 1.69. The van der Waals surface area contributed by atoms with Crippen LogP contribution in [-0.4, -0.2) is 35.6 Å². The zero-order valence-corrected chi connectivity index (χ0v) is 9.22. The van der Waals surface area contributed by atoms with Crippen molar-refractivity contribution < 1.29 is 4.74 Å². The van der Waals surface area contributed by atoms with Gasteiger partial charge >= 0.3 is 0 Å². The molecule has 1 aromatic rings. The smallest absolute Gasteiger partial charge is 0.0892 e. The predicted molar refractivity (Wildman–Crippen MR) is 59.5 cm³/mol. The van der Waals surface area contributed by atoms with Gasteiger partial charge in [0.05, 0.1) is 18.4 Å². The third-order valence-corrected chi connectivity index (χ3v) is 2.87. The topological polar surface area (TPSA) is 25.4 Å². The van der Waals surface area contributed by atoms with Crippen molar-refractivity contribution in [2.75, 3.05) is 19.6 Å². The molecule has 1 fully saturated rings. The highest BCUT2D eigenvalue weighted by Gasteiger charge is 2.21. The van der Waals surface area contributed by atoms with Gasteiger partial charge in [-0.1, -0.05) is 13.0 Å². The van der Waals surface area contributed by atoms with Gasteiger partial charge in [0.2, 0.25) is 0 Å². The van der Waals surface area contributed by atoms with Crippen molar-refractivity contribution >= 4 is 0 Å².